The first-order valence-corrected chi connectivity index (χ1v) is 24.9. The highest BCUT2D eigenvalue weighted by Gasteiger charge is 2.24. The van der Waals surface area contributed by atoms with Crippen LogP contribution in [0, 0.1) is 0 Å². The van der Waals surface area contributed by atoms with E-state index in [1.807, 2.05) is 0 Å². The topological polar surface area (TPSA) is 95.9 Å². The van der Waals surface area contributed by atoms with Crippen LogP contribution in [0.4, 0.5) is 0 Å². The summed E-state index contributed by atoms with van der Waals surface area (Å²) in [5.74, 6) is -0.522. The Kier molecular flexibility index (Phi) is 44.2. The quantitative estimate of drug-likeness (QED) is 0.0323. The van der Waals surface area contributed by atoms with Crippen LogP contribution >= 0.6 is 0 Å². The number of carbonyl (C=O) groups is 2. The number of allylic oxidation sites excluding steroid dienone is 8. The van der Waals surface area contributed by atoms with Crippen molar-refractivity contribution >= 4 is 11.9 Å². The summed E-state index contributed by atoms with van der Waals surface area (Å²) in [7, 11) is 0. The summed E-state index contributed by atoms with van der Waals surface area (Å²) in [6.45, 7) is 6.32. The molecule has 6 nitrogen and oxygen atoms in total. The second kappa shape index (κ2) is 45.9. The highest BCUT2D eigenvalue weighted by molar-refractivity contribution is 5.77. The summed E-state index contributed by atoms with van der Waals surface area (Å²) < 4.78 is 5.89. The minimum Gasteiger partial charge on any atom is -0.462 e. The molecule has 0 spiro atoms. The van der Waals surface area contributed by atoms with Crippen molar-refractivity contribution in [3.8, 4) is 0 Å². The van der Waals surface area contributed by atoms with E-state index in [2.05, 4.69) is 74.7 Å². The molecule has 6 heteroatoms. The van der Waals surface area contributed by atoms with Gasteiger partial charge >= 0.3 is 5.97 Å². The third-order valence-electron chi connectivity index (χ3n) is 11.1. The van der Waals surface area contributed by atoms with Crippen LogP contribution in [0.3, 0.4) is 0 Å². The molecule has 0 aromatic heterocycles. The lowest BCUT2D eigenvalue weighted by atomic mass is 10.0. The Morgan fingerprint density at radius 1 is 0.517 bits per heavy atom. The van der Waals surface area contributed by atoms with Crippen LogP contribution in [-0.2, 0) is 14.3 Å². The predicted octanol–water partition coefficient (Wildman–Crippen LogP) is 14.7. The van der Waals surface area contributed by atoms with Gasteiger partial charge in [-0.25, -0.2) is 0 Å². The predicted molar refractivity (Wildman–Crippen MR) is 250 cm³/mol. The Labute approximate surface area is 359 Å². The van der Waals surface area contributed by atoms with Crippen molar-refractivity contribution in [2.75, 3.05) is 6.61 Å². The molecular formula is C52H95NO5. The van der Waals surface area contributed by atoms with E-state index >= 15 is 0 Å². The number of unbranched alkanes of at least 4 members (excludes halogenated alkanes) is 24. The molecule has 0 saturated carbocycles. The monoisotopic (exact) mass is 814 g/mol. The fourth-order valence-corrected chi connectivity index (χ4v) is 7.37. The number of esters is 1. The number of hydrogen-bond acceptors (Lipinski definition) is 5. The van der Waals surface area contributed by atoms with Crippen molar-refractivity contribution in [3.63, 3.8) is 0 Å². The maximum Gasteiger partial charge on any atom is 0.306 e. The fourth-order valence-electron chi connectivity index (χ4n) is 7.37. The molecule has 338 valence electrons. The Morgan fingerprint density at radius 3 is 1.50 bits per heavy atom. The molecule has 0 fully saturated rings. The third-order valence-corrected chi connectivity index (χ3v) is 11.1. The highest BCUT2D eigenvalue weighted by Crippen LogP contribution is 2.17. The van der Waals surface area contributed by atoms with E-state index in [-0.39, 0.29) is 24.9 Å². The molecule has 0 rings (SSSR count). The molecule has 0 aliphatic heterocycles. The van der Waals surface area contributed by atoms with Gasteiger partial charge in [0.25, 0.3) is 0 Å². The maximum atomic E-state index is 13.2. The van der Waals surface area contributed by atoms with Gasteiger partial charge in [-0.2, -0.15) is 0 Å². The van der Waals surface area contributed by atoms with E-state index in [1.165, 1.54) is 116 Å². The molecule has 0 bridgehead atoms. The number of nitrogens with one attached hydrogen (secondary N) is 1. The first kappa shape index (κ1) is 55.8. The van der Waals surface area contributed by atoms with Gasteiger partial charge in [0.15, 0.2) is 0 Å². The van der Waals surface area contributed by atoms with Crippen LogP contribution in [0.5, 0.6) is 0 Å². The molecule has 0 aliphatic carbocycles. The normalized spacial score (nSPS) is 13.7. The summed E-state index contributed by atoms with van der Waals surface area (Å²) >= 11 is 0. The molecule has 0 radical (unpaired) electrons. The zero-order valence-corrected chi connectivity index (χ0v) is 38.4. The van der Waals surface area contributed by atoms with Crippen molar-refractivity contribution in [2.24, 2.45) is 0 Å². The van der Waals surface area contributed by atoms with Gasteiger partial charge < -0.3 is 20.3 Å². The van der Waals surface area contributed by atoms with Gasteiger partial charge in [-0.15, -0.1) is 0 Å². The molecule has 0 heterocycles. The number of aliphatic hydroxyl groups excluding tert-OH is 2. The van der Waals surface area contributed by atoms with E-state index in [4.69, 9.17) is 4.74 Å². The number of aliphatic hydroxyl groups is 2. The van der Waals surface area contributed by atoms with Gasteiger partial charge in [0, 0.05) is 6.42 Å². The molecule has 3 N–H and O–H groups in total. The Hall–Kier alpha value is -2.18. The summed E-state index contributed by atoms with van der Waals surface area (Å²) in [4.78, 5) is 26.0. The molecule has 3 unspecified atom stereocenters. The van der Waals surface area contributed by atoms with Gasteiger partial charge in [-0.1, -0.05) is 204 Å². The molecule has 0 saturated heterocycles. The van der Waals surface area contributed by atoms with Gasteiger partial charge in [-0.3, -0.25) is 9.59 Å². The number of carbonyl (C=O) groups excluding carboxylic acids is 2. The fraction of sp³-hybridized carbons (Fsp3) is 0.808. The average Bonchev–Trinajstić information content (AvgIpc) is 3.22. The largest absolute Gasteiger partial charge is 0.462 e. The minimum absolute atomic E-state index is 0.0485. The van der Waals surface area contributed by atoms with Crippen LogP contribution in [0.25, 0.3) is 0 Å². The number of hydrogen-bond donors (Lipinski definition) is 3. The third kappa shape index (κ3) is 40.6. The molecule has 0 aliphatic rings. The Morgan fingerprint density at radius 2 is 0.948 bits per heavy atom. The van der Waals surface area contributed by atoms with Crippen LogP contribution in [0.2, 0.25) is 0 Å². The zero-order valence-electron chi connectivity index (χ0n) is 38.4. The molecule has 1 amide bonds. The van der Waals surface area contributed by atoms with Crippen molar-refractivity contribution in [2.45, 2.75) is 264 Å². The SMILES string of the molecule is CC/C=C/C/C=C/C/C=C/CCCCC(CC(=O)NC(CO)C(O)CCCCCCCCCCCCCCCCCC)OC(=O)CCCCCCC/C=C\CCCC. The van der Waals surface area contributed by atoms with Crippen LogP contribution in [-0.4, -0.2) is 46.9 Å². The minimum atomic E-state index is -0.798. The molecule has 3 atom stereocenters. The van der Waals surface area contributed by atoms with Crippen molar-refractivity contribution in [3.05, 3.63) is 48.6 Å². The van der Waals surface area contributed by atoms with Gasteiger partial charge in [0.1, 0.15) is 6.10 Å². The Balaban J connectivity index is 4.55. The lowest BCUT2D eigenvalue weighted by molar-refractivity contribution is -0.151. The van der Waals surface area contributed by atoms with Gasteiger partial charge in [-0.05, 0) is 77.0 Å². The molecule has 0 aromatic rings. The highest BCUT2D eigenvalue weighted by atomic mass is 16.5. The second-order valence-electron chi connectivity index (χ2n) is 16.8. The number of amides is 1. The maximum absolute atomic E-state index is 13.2. The van der Waals surface area contributed by atoms with Gasteiger partial charge in [0.05, 0.1) is 25.2 Å². The van der Waals surface area contributed by atoms with Crippen LogP contribution < -0.4 is 5.32 Å². The first-order valence-electron chi connectivity index (χ1n) is 24.9. The van der Waals surface area contributed by atoms with Gasteiger partial charge in [0.2, 0.25) is 5.91 Å². The van der Waals surface area contributed by atoms with Crippen molar-refractivity contribution in [1.82, 2.24) is 5.32 Å². The van der Waals surface area contributed by atoms with Crippen LogP contribution in [0.15, 0.2) is 48.6 Å². The van der Waals surface area contributed by atoms with E-state index < -0.39 is 18.2 Å². The van der Waals surface area contributed by atoms with Crippen molar-refractivity contribution in [1.29, 1.82) is 0 Å². The number of rotatable bonds is 44. The average molecular weight is 814 g/mol. The van der Waals surface area contributed by atoms with Crippen molar-refractivity contribution < 1.29 is 24.5 Å². The van der Waals surface area contributed by atoms with Crippen LogP contribution in [0.1, 0.15) is 245 Å². The second-order valence-corrected chi connectivity index (χ2v) is 16.8. The lowest BCUT2D eigenvalue weighted by Crippen LogP contribution is -2.46. The smallest absolute Gasteiger partial charge is 0.306 e. The van der Waals surface area contributed by atoms with E-state index in [0.29, 0.717) is 19.3 Å². The first-order chi connectivity index (χ1) is 28.5. The lowest BCUT2D eigenvalue weighted by Gasteiger charge is -2.24. The molecule has 58 heavy (non-hydrogen) atoms. The van der Waals surface area contributed by atoms with E-state index in [9.17, 15) is 19.8 Å². The van der Waals surface area contributed by atoms with E-state index in [1.54, 1.807) is 0 Å². The summed E-state index contributed by atoms with van der Waals surface area (Å²) in [6.07, 6.45) is 54.6. The summed E-state index contributed by atoms with van der Waals surface area (Å²) in [5.41, 5.74) is 0. The molecular weight excluding hydrogens is 719 g/mol. The summed E-state index contributed by atoms with van der Waals surface area (Å²) in [5, 5.41) is 23.7. The number of ether oxygens (including phenoxy) is 1. The standard InChI is InChI=1S/C52H95NO5/c1-4-7-10-13-16-19-22-24-25-26-27-30-32-35-38-41-44-50(55)49(47-54)53-51(56)46-48(43-40-37-34-31-29-23-20-17-14-11-8-5-2)58-52(57)45-42-39-36-33-28-21-18-15-12-9-6-3/h8,11,15,17-18,20,29,31,48-50,54-55H,4-7,9-10,12-14,16,19,21-28,30,32-47H2,1-3H3,(H,53,56)/b11-8+,18-15-,20-17+,31-29+. The summed E-state index contributed by atoms with van der Waals surface area (Å²) in [6, 6.07) is -0.714. The zero-order chi connectivity index (χ0) is 42.4. The Bertz CT molecular complexity index is 1000. The van der Waals surface area contributed by atoms with E-state index in [0.717, 1.165) is 83.5 Å². The molecule has 0 aromatic carbocycles.